The predicted molar refractivity (Wildman–Crippen MR) is 144 cm³/mol. The van der Waals surface area contributed by atoms with Gasteiger partial charge in [-0.1, -0.05) is 30.3 Å². The van der Waals surface area contributed by atoms with Crippen molar-refractivity contribution in [3.63, 3.8) is 0 Å². The zero-order chi connectivity index (χ0) is 29.4. The van der Waals surface area contributed by atoms with Gasteiger partial charge in [-0.05, 0) is 17.7 Å². The molecule has 10 nitrogen and oxygen atoms in total. The molecule has 0 saturated heterocycles. The molecular formula is C28H27F4N7O3. The standard InChI is InChI=1S/C28H27F4N7O3/c1-37-14-19(26(36-37)42-28(31)32)20-18-8-5-10-38(12-16-6-3-2-4-7-16)25(18)34-22(20)21-23(24(29)30)35-39-13-17(33-9-11-40)15-41-27(21)39/h2-8,10,14,17,24,28,33,40H,9,11-13,15H2,1H3/t17-/m0/s1. The first-order valence-corrected chi connectivity index (χ1v) is 13.2. The van der Waals surface area contributed by atoms with Gasteiger partial charge in [-0.2, -0.15) is 13.9 Å². The Bertz CT molecular complexity index is 1650. The summed E-state index contributed by atoms with van der Waals surface area (Å²) in [5.41, 5.74) is 1.45. The van der Waals surface area contributed by atoms with Crippen LogP contribution in [0.1, 0.15) is 17.7 Å². The minimum absolute atomic E-state index is 0.0325. The van der Waals surface area contributed by atoms with Crippen molar-refractivity contribution < 1.29 is 32.1 Å². The van der Waals surface area contributed by atoms with E-state index in [4.69, 9.17) is 19.6 Å². The first-order chi connectivity index (χ1) is 20.3. The normalized spacial score (nSPS) is 15.0. The van der Waals surface area contributed by atoms with Crippen LogP contribution in [-0.4, -0.2) is 66.6 Å². The van der Waals surface area contributed by atoms with E-state index in [-0.39, 0.29) is 59.9 Å². The molecule has 2 aromatic heterocycles. The summed E-state index contributed by atoms with van der Waals surface area (Å²) in [6.07, 6.45) is 0.311. The third kappa shape index (κ3) is 5.18. The van der Waals surface area contributed by atoms with E-state index in [1.807, 2.05) is 41.1 Å². The molecule has 0 radical (unpaired) electrons. The van der Waals surface area contributed by atoms with E-state index in [1.165, 1.54) is 15.6 Å². The average molecular weight is 586 g/mol. The SMILES string of the molecule is Cn1cc(-c2c3cccn(Cc4ccccc4)c-3nc2-c2c(C(F)F)nn3c2OC[C@@H](NCCO)C3)c(OC(F)F)n1. The molecule has 3 aliphatic rings. The minimum atomic E-state index is -3.16. The molecule has 0 aliphatic carbocycles. The molecule has 0 unspecified atom stereocenters. The summed E-state index contributed by atoms with van der Waals surface area (Å²) in [6.45, 7) is -2.19. The van der Waals surface area contributed by atoms with Crippen LogP contribution in [0.3, 0.4) is 0 Å². The fraction of sp³-hybridized carbons (Fsp3) is 0.321. The number of hydrogen-bond acceptors (Lipinski definition) is 7. The van der Waals surface area contributed by atoms with Gasteiger partial charge < -0.3 is 24.5 Å². The highest BCUT2D eigenvalue weighted by Crippen LogP contribution is 2.49. The van der Waals surface area contributed by atoms with E-state index in [0.717, 1.165) is 5.56 Å². The van der Waals surface area contributed by atoms with Crippen molar-refractivity contribution in [1.29, 1.82) is 0 Å². The summed E-state index contributed by atoms with van der Waals surface area (Å²) in [5, 5.41) is 20.5. The molecule has 220 valence electrons. The monoisotopic (exact) mass is 585 g/mol. The topological polar surface area (TPSA) is 104 Å². The second-order valence-corrected chi connectivity index (χ2v) is 9.83. The van der Waals surface area contributed by atoms with Gasteiger partial charge in [0.05, 0.1) is 36.0 Å². The number of nitrogens with zero attached hydrogens (tertiary/aromatic N) is 6. The average Bonchev–Trinajstić information content (AvgIpc) is 3.64. The Morgan fingerprint density at radius 3 is 2.62 bits per heavy atom. The third-order valence-corrected chi connectivity index (χ3v) is 6.96. The number of pyridine rings is 1. The maximum absolute atomic E-state index is 14.6. The Morgan fingerprint density at radius 2 is 1.88 bits per heavy atom. The van der Waals surface area contributed by atoms with Gasteiger partial charge in [0.15, 0.2) is 0 Å². The Balaban J connectivity index is 1.57. The fourth-order valence-electron chi connectivity index (χ4n) is 5.27. The molecule has 1 atom stereocenters. The summed E-state index contributed by atoms with van der Waals surface area (Å²) in [5.74, 6) is 0.165. The molecule has 42 heavy (non-hydrogen) atoms. The highest BCUT2D eigenvalue weighted by molar-refractivity contribution is 5.97. The lowest BCUT2D eigenvalue weighted by molar-refractivity contribution is -0.0527. The van der Waals surface area contributed by atoms with Gasteiger partial charge in [0.1, 0.15) is 18.1 Å². The molecule has 6 rings (SSSR count). The number of aliphatic hydroxyl groups excluding tert-OH is 1. The second kappa shape index (κ2) is 11.4. The quantitative estimate of drug-likeness (QED) is 0.237. The number of fused-ring (bicyclic) bond motifs is 2. The number of aryl methyl sites for hydroxylation is 1. The molecule has 5 heterocycles. The van der Waals surface area contributed by atoms with E-state index < -0.39 is 18.7 Å². The van der Waals surface area contributed by atoms with E-state index in [2.05, 4.69) is 15.5 Å². The minimum Gasteiger partial charge on any atom is -0.476 e. The van der Waals surface area contributed by atoms with E-state index in [9.17, 15) is 17.6 Å². The van der Waals surface area contributed by atoms with E-state index in [1.54, 1.807) is 19.2 Å². The van der Waals surface area contributed by atoms with Crippen LogP contribution in [0.15, 0.2) is 54.9 Å². The van der Waals surface area contributed by atoms with Crippen molar-refractivity contribution in [3.8, 4) is 45.5 Å². The van der Waals surface area contributed by atoms with Crippen molar-refractivity contribution in [2.24, 2.45) is 7.05 Å². The largest absolute Gasteiger partial charge is 0.476 e. The van der Waals surface area contributed by atoms with Gasteiger partial charge >= 0.3 is 6.61 Å². The highest BCUT2D eigenvalue weighted by atomic mass is 19.3. The molecule has 0 saturated carbocycles. The molecule has 2 N–H and O–H groups in total. The second-order valence-electron chi connectivity index (χ2n) is 9.83. The fourth-order valence-corrected chi connectivity index (χ4v) is 5.27. The molecule has 0 spiro atoms. The first kappa shape index (κ1) is 27.7. The maximum atomic E-state index is 14.6. The number of ether oxygens (including phenoxy) is 2. The molecule has 3 aliphatic heterocycles. The number of rotatable bonds is 10. The van der Waals surface area contributed by atoms with Crippen LogP contribution in [0.25, 0.3) is 33.8 Å². The lowest BCUT2D eigenvalue weighted by atomic mass is 9.98. The molecular weight excluding hydrogens is 558 g/mol. The molecule has 0 fully saturated rings. The predicted octanol–water partition coefficient (Wildman–Crippen LogP) is 4.18. The van der Waals surface area contributed by atoms with Crippen LogP contribution in [0.5, 0.6) is 11.8 Å². The lowest BCUT2D eigenvalue weighted by Crippen LogP contribution is -2.43. The summed E-state index contributed by atoms with van der Waals surface area (Å²) in [4.78, 5) is 4.84. The van der Waals surface area contributed by atoms with Gasteiger partial charge in [-0.3, -0.25) is 4.68 Å². The maximum Gasteiger partial charge on any atom is 0.388 e. The first-order valence-electron chi connectivity index (χ1n) is 13.2. The zero-order valence-corrected chi connectivity index (χ0v) is 22.4. The molecule has 1 aromatic carbocycles. The summed E-state index contributed by atoms with van der Waals surface area (Å²) in [6, 6.07) is 12.9. The number of nitrogens with one attached hydrogen (secondary N) is 1. The van der Waals surface area contributed by atoms with Gasteiger partial charge in [0.25, 0.3) is 6.43 Å². The Labute approximate surface area is 237 Å². The summed E-state index contributed by atoms with van der Waals surface area (Å²) < 4.78 is 71.2. The van der Waals surface area contributed by atoms with Crippen LogP contribution < -0.4 is 14.8 Å². The van der Waals surface area contributed by atoms with Gasteiger partial charge in [0, 0.05) is 43.7 Å². The van der Waals surface area contributed by atoms with Crippen LogP contribution in [-0.2, 0) is 20.1 Å². The van der Waals surface area contributed by atoms with E-state index in [0.29, 0.717) is 24.5 Å². The lowest BCUT2D eigenvalue weighted by Gasteiger charge is -2.25. The summed E-state index contributed by atoms with van der Waals surface area (Å²) >= 11 is 0. The molecule has 0 bridgehead atoms. The van der Waals surface area contributed by atoms with Gasteiger partial charge in [-0.15, -0.1) is 5.10 Å². The number of benzene rings is 1. The highest BCUT2D eigenvalue weighted by Gasteiger charge is 2.36. The number of aromatic nitrogens is 6. The number of hydrogen-bond donors (Lipinski definition) is 2. The van der Waals surface area contributed by atoms with E-state index >= 15 is 0 Å². The van der Waals surface area contributed by atoms with Gasteiger partial charge in [-0.25, -0.2) is 18.4 Å². The van der Waals surface area contributed by atoms with Crippen LogP contribution >= 0.6 is 0 Å². The number of halogens is 4. The van der Waals surface area contributed by atoms with Crippen molar-refractivity contribution in [2.75, 3.05) is 19.8 Å². The number of aliphatic hydroxyl groups is 1. The third-order valence-electron chi connectivity index (χ3n) is 6.96. The zero-order valence-electron chi connectivity index (χ0n) is 22.4. The molecule has 14 heteroatoms. The van der Waals surface area contributed by atoms with Gasteiger partial charge in [0.2, 0.25) is 11.8 Å². The Hall–Kier alpha value is -4.43. The van der Waals surface area contributed by atoms with Crippen LogP contribution in [0.2, 0.25) is 0 Å². The van der Waals surface area contributed by atoms with Crippen LogP contribution in [0.4, 0.5) is 17.6 Å². The smallest absolute Gasteiger partial charge is 0.388 e. The Morgan fingerprint density at radius 1 is 1.07 bits per heavy atom. The molecule has 0 amide bonds. The molecule has 3 aromatic rings. The van der Waals surface area contributed by atoms with Crippen LogP contribution in [0, 0.1) is 0 Å². The van der Waals surface area contributed by atoms with Crippen molar-refractivity contribution >= 4 is 0 Å². The number of alkyl halides is 4. The van der Waals surface area contributed by atoms with Crippen molar-refractivity contribution in [1.82, 2.24) is 34.4 Å². The van der Waals surface area contributed by atoms with Crippen molar-refractivity contribution in [2.45, 2.75) is 32.2 Å². The summed E-state index contributed by atoms with van der Waals surface area (Å²) in [7, 11) is 1.55. The Kier molecular flexibility index (Phi) is 7.56. The van der Waals surface area contributed by atoms with Crippen molar-refractivity contribution in [3.05, 3.63) is 66.1 Å².